The third-order valence-corrected chi connectivity index (χ3v) is 5.20. The summed E-state index contributed by atoms with van der Waals surface area (Å²) in [6.07, 6.45) is 5.30. The fraction of sp³-hybridized carbons (Fsp3) is 0.0769. The number of nitrogens with zero attached hydrogens (tertiary/aromatic N) is 4. The topological polar surface area (TPSA) is 72.8 Å². The largest absolute Gasteiger partial charge is 0.497 e. The van der Waals surface area contributed by atoms with E-state index in [-0.39, 0.29) is 0 Å². The van der Waals surface area contributed by atoms with Crippen LogP contribution in [0.15, 0.2) is 91.4 Å². The van der Waals surface area contributed by atoms with Crippen LogP contribution in [0.2, 0.25) is 0 Å². The molecule has 6 nitrogen and oxygen atoms in total. The normalized spacial score (nSPS) is 10.8. The first kappa shape index (κ1) is 19.6. The Morgan fingerprint density at radius 1 is 0.812 bits per heavy atom. The third kappa shape index (κ3) is 4.11. The number of aromatic nitrogens is 4. The highest BCUT2D eigenvalue weighted by molar-refractivity contribution is 5.94. The molecule has 32 heavy (non-hydrogen) atoms. The molecule has 6 heteroatoms. The zero-order valence-corrected chi connectivity index (χ0v) is 17.6. The first-order valence-corrected chi connectivity index (χ1v) is 10.3. The van der Waals surface area contributed by atoms with E-state index in [1.165, 1.54) is 0 Å². The highest BCUT2D eigenvalue weighted by atomic mass is 16.5. The first-order chi connectivity index (χ1) is 15.8. The second-order valence-corrected chi connectivity index (χ2v) is 7.27. The predicted molar refractivity (Wildman–Crippen MR) is 126 cm³/mol. The molecule has 0 unspecified atom stereocenters. The molecule has 0 spiro atoms. The summed E-state index contributed by atoms with van der Waals surface area (Å²) in [4.78, 5) is 18.3. The maximum atomic E-state index is 5.28. The molecule has 0 saturated heterocycles. The first-order valence-electron chi connectivity index (χ1n) is 10.3. The Morgan fingerprint density at radius 2 is 1.69 bits per heavy atom. The summed E-state index contributed by atoms with van der Waals surface area (Å²) in [5, 5.41) is 4.40. The lowest BCUT2D eigenvalue weighted by atomic mass is 10.0. The van der Waals surface area contributed by atoms with Crippen LogP contribution < -0.4 is 10.1 Å². The van der Waals surface area contributed by atoms with Crippen molar-refractivity contribution in [3.05, 3.63) is 97.1 Å². The Labute approximate surface area is 186 Å². The van der Waals surface area contributed by atoms with E-state index in [9.17, 15) is 0 Å². The van der Waals surface area contributed by atoms with Gasteiger partial charge in [0.25, 0.3) is 0 Å². The fourth-order valence-corrected chi connectivity index (χ4v) is 3.53. The summed E-state index contributed by atoms with van der Waals surface area (Å²) in [5.41, 5.74) is 4.85. The molecule has 0 aliphatic rings. The van der Waals surface area contributed by atoms with E-state index in [1.807, 2.05) is 60.7 Å². The van der Waals surface area contributed by atoms with Gasteiger partial charge in [-0.1, -0.05) is 24.3 Å². The highest BCUT2D eigenvalue weighted by Crippen LogP contribution is 2.30. The van der Waals surface area contributed by atoms with E-state index in [0.717, 1.165) is 44.9 Å². The van der Waals surface area contributed by atoms with Crippen molar-refractivity contribution < 1.29 is 4.74 Å². The summed E-state index contributed by atoms with van der Waals surface area (Å²) in [6.45, 7) is 0.562. The quantitative estimate of drug-likeness (QED) is 0.399. The molecule has 156 valence electrons. The number of anilines is 1. The van der Waals surface area contributed by atoms with Gasteiger partial charge in [0.2, 0.25) is 0 Å². The number of benzene rings is 2. The molecule has 0 aliphatic heterocycles. The average molecular weight is 419 g/mol. The number of rotatable bonds is 6. The van der Waals surface area contributed by atoms with Crippen LogP contribution in [-0.2, 0) is 6.54 Å². The molecule has 0 atom stereocenters. The van der Waals surface area contributed by atoms with E-state index in [2.05, 4.69) is 27.4 Å². The number of hydrogen-bond donors (Lipinski definition) is 1. The van der Waals surface area contributed by atoms with Gasteiger partial charge in [0.05, 0.1) is 24.9 Å². The Bertz CT molecular complexity index is 1340. The standard InChI is InChI=1S/C26H21N5O/c1-32-22-10-7-18(8-11-22)19-9-12-24-23(15-19)26(29-17-21-6-2-3-14-28-21)31-25(30-24)20-5-4-13-27-16-20/h2-16H,17H2,1H3,(H,29,30,31). The molecule has 0 saturated carbocycles. The van der Waals surface area contributed by atoms with Gasteiger partial charge in [-0.25, -0.2) is 9.97 Å². The van der Waals surface area contributed by atoms with Gasteiger partial charge in [0.15, 0.2) is 5.82 Å². The molecular formula is C26H21N5O. The lowest BCUT2D eigenvalue weighted by Crippen LogP contribution is -2.05. The van der Waals surface area contributed by atoms with Crippen molar-refractivity contribution in [1.82, 2.24) is 19.9 Å². The molecule has 0 fully saturated rings. The van der Waals surface area contributed by atoms with Crippen LogP contribution in [0.3, 0.4) is 0 Å². The molecule has 0 aliphatic carbocycles. The van der Waals surface area contributed by atoms with Gasteiger partial charge < -0.3 is 10.1 Å². The summed E-state index contributed by atoms with van der Waals surface area (Å²) in [5.74, 6) is 2.22. The lowest BCUT2D eigenvalue weighted by molar-refractivity contribution is 0.415. The van der Waals surface area contributed by atoms with Gasteiger partial charge in [0, 0.05) is 29.5 Å². The second-order valence-electron chi connectivity index (χ2n) is 7.27. The smallest absolute Gasteiger partial charge is 0.163 e. The molecule has 1 N–H and O–H groups in total. The Hall–Kier alpha value is -4.32. The van der Waals surface area contributed by atoms with Gasteiger partial charge in [-0.2, -0.15) is 0 Å². The average Bonchev–Trinajstić information content (AvgIpc) is 2.88. The third-order valence-electron chi connectivity index (χ3n) is 5.20. The number of ether oxygens (including phenoxy) is 1. The van der Waals surface area contributed by atoms with Crippen LogP contribution in [0.4, 0.5) is 5.82 Å². The minimum Gasteiger partial charge on any atom is -0.497 e. The van der Waals surface area contributed by atoms with Crippen LogP contribution in [0.1, 0.15) is 5.69 Å². The predicted octanol–water partition coefficient (Wildman–Crippen LogP) is 5.37. The van der Waals surface area contributed by atoms with Crippen molar-refractivity contribution in [1.29, 1.82) is 0 Å². The van der Waals surface area contributed by atoms with Crippen LogP contribution in [0.5, 0.6) is 5.75 Å². The van der Waals surface area contributed by atoms with Crippen molar-refractivity contribution in [2.45, 2.75) is 6.54 Å². The molecule has 3 heterocycles. The van der Waals surface area contributed by atoms with Crippen LogP contribution in [-0.4, -0.2) is 27.0 Å². The number of methoxy groups -OCH3 is 1. The van der Waals surface area contributed by atoms with Gasteiger partial charge in [0.1, 0.15) is 11.6 Å². The summed E-state index contributed by atoms with van der Waals surface area (Å²) in [6, 6.07) is 24.0. The van der Waals surface area contributed by atoms with Gasteiger partial charge in [-0.05, 0) is 59.7 Å². The van der Waals surface area contributed by atoms with Crippen molar-refractivity contribution in [2.24, 2.45) is 0 Å². The number of fused-ring (bicyclic) bond motifs is 1. The fourth-order valence-electron chi connectivity index (χ4n) is 3.53. The Balaban J connectivity index is 1.59. The molecule has 0 bridgehead atoms. The SMILES string of the molecule is COc1ccc(-c2ccc3nc(-c4cccnc4)nc(NCc4ccccn4)c3c2)cc1. The molecule has 0 radical (unpaired) electrons. The van der Waals surface area contributed by atoms with Crippen LogP contribution in [0, 0.1) is 0 Å². The van der Waals surface area contributed by atoms with E-state index in [4.69, 9.17) is 14.7 Å². The summed E-state index contributed by atoms with van der Waals surface area (Å²) < 4.78 is 5.28. The van der Waals surface area contributed by atoms with Crippen molar-refractivity contribution in [3.63, 3.8) is 0 Å². The highest BCUT2D eigenvalue weighted by Gasteiger charge is 2.12. The molecular weight excluding hydrogens is 398 g/mol. The minimum absolute atomic E-state index is 0.562. The van der Waals surface area contributed by atoms with E-state index >= 15 is 0 Å². The molecule has 5 aromatic rings. The molecule has 0 amide bonds. The maximum Gasteiger partial charge on any atom is 0.163 e. The molecule has 2 aromatic carbocycles. The zero-order valence-electron chi connectivity index (χ0n) is 17.6. The number of hydrogen-bond acceptors (Lipinski definition) is 6. The van der Waals surface area contributed by atoms with Gasteiger partial charge in [-0.15, -0.1) is 0 Å². The van der Waals surface area contributed by atoms with Crippen LogP contribution in [0.25, 0.3) is 33.4 Å². The summed E-state index contributed by atoms with van der Waals surface area (Å²) >= 11 is 0. The van der Waals surface area contributed by atoms with Crippen molar-refractivity contribution in [2.75, 3.05) is 12.4 Å². The Kier molecular flexibility index (Phi) is 5.41. The van der Waals surface area contributed by atoms with Crippen molar-refractivity contribution in [3.8, 4) is 28.3 Å². The zero-order chi connectivity index (χ0) is 21.8. The lowest BCUT2D eigenvalue weighted by Gasteiger charge is -2.12. The monoisotopic (exact) mass is 419 g/mol. The van der Waals surface area contributed by atoms with E-state index < -0.39 is 0 Å². The van der Waals surface area contributed by atoms with Crippen LogP contribution >= 0.6 is 0 Å². The van der Waals surface area contributed by atoms with Gasteiger partial charge in [-0.3, -0.25) is 9.97 Å². The Morgan fingerprint density at radius 3 is 2.44 bits per heavy atom. The minimum atomic E-state index is 0.562. The van der Waals surface area contributed by atoms with Gasteiger partial charge >= 0.3 is 0 Å². The van der Waals surface area contributed by atoms with Crippen molar-refractivity contribution >= 4 is 16.7 Å². The van der Waals surface area contributed by atoms with E-state index in [1.54, 1.807) is 25.7 Å². The molecule has 5 rings (SSSR count). The van der Waals surface area contributed by atoms with E-state index in [0.29, 0.717) is 12.4 Å². The number of nitrogens with one attached hydrogen (secondary N) is 1. The number of pyridine rings is 2. The summed E-state index contributed by atoms with van der Waals surface area (Å²) in [7, 11) is 1.67. The maximum absolute atomic E-state index is 5.28. The molecule has 3 aromatic heterocycles. The second kappa shape index (κ2) is 8.81.